The molecule has 0 saturated heterocycles. The maximum absolute atomic E-state index is 11.7. The molecule has 19 heavy (non-hydrogen) atoms. The van der Waals surface area contributed by atoms with E-state index in [1.165, 1.54) is 12.8 Å². The Morgan fingerprint density at radius 1 is 1.47 bits per heavy atom. The highest BCUT2D eigenvalue weighted by Gasteiger charge is 2.27. The molecule has 1 aromatic carbocycles. The molecule has 0 heterocycles. The molecule has 1 aliphatic rings. The van der Waals surface area contributed by atoms with Crippen LogP contribution in [0.4, 0.5) is 0 Å². The molecule has 0 radical (unpaired) electrons. The monoisotopic (exact) mass is 282 g/mol. The highest BCUT2D eigenvalue weighted by molar-refractivity contribution is 6.30. The van der Waals surface area contributed by atoms with Crippen LogP contribution in [0.25, 0.3) is 0 Å². The van der Waals surface area contributed by atoms with Gasteiger partial charge in [-0.2, -0.15) is 0 Å². The maximum atomic E-state index is 11.7. The third-order valence-electron chi connectivity index (χ3n) is 3.31. The van der Waals surface area contributed by atoms with E-state index in [1.807, 2.05) is 11.9 Å². The first-order chi connectivity index (χ1) is 9.06. The Labute approximate surface area is 118 Å². The minimum absolute atomic E-state index is 0.0533. The lowest BCUT2D eigenvalue weighted by atomic mass is 10.1. The molecule has 1 fully saturated rings. The van der Waals surface area contributed by atoms with Gasteiger partial charge < -0.3 is 10.4 Å². The second kappa shape index (κ2) is 6.37. The Morgan fingerprint density at radius 2 is 2.11 bits per heavy atom. The fourth-order valence-corrected chi connectivity index (χ4v) is 2.07. The molecule has 0 aromatic heterocycles. The van der Waals surface area contributed by atoms with Gasteiger partial charge in [-0.25, -0.2) is 0 Å². The van der Waals surface area contributed by atoms with Crippen LogP contribution in [0.3, 0.4) is 0 Å². The van der Waals surface area contributed by atoms with Crippen molar-refractivity contribution in [1.29, 1.82) is 0 Å². The summed E-state index contributed by atoms with van der Waals surface area (Å²) in [4.78, 5) is 13.7. The molecule has 5 heteroatoms. The van der Waals surface area contributed by atoms with Crippen molar-refractivity contribution < 1.29 is 9.90 Å². The lowest BCUT2D eigenvalue weighted by Crippen LogP contribution is -2.37. The minimum atomic E-state index is -0.701. The van der Waals surface area contributed by atoms with Crippen LogP contribution in [0.5, 0.6) is 0 Å². The average Bonchev–Trinajstić information content (AvgIpc) is 3.21. The zero-order valence-electron chi connectivity index (χ0n) is 11.0. The van der Waals surface area contributed by atoms with Crippen LogP contribution >= 0.6 is 11.6 Å². The van der Waals surface area contributed by atoms with Gasteiger partial charge in [0.1, 0.15) is 0 Å². The molecule has 1 atom stereocenters. The molecule has 1 unspecified atom stereocenters. The molecule has 4 nitrogen and oxygen atoms in total. The summed E-state index contributed by atoms with van der Waals surface area (Å²) in [6, 6.07) is 7.53. The van der Waals surface area contributed by atoms with Crippen molar-refractivity contribution in [2.24, 2.45) is 0 Å². The molecule has 2 N–H and O–H groups in total. The number of hydrogen-bond donors (Lipinski definition) is 2. The number of likely N-dealkylation sites (N-methyl/N-ethyl adjacent to an activating group) is 1. The van der Waals surface area contributed by atoms with Gasteiger partial charge in [0, 0.05) is 17.6 Å². The Balaban J connectivity index is 1.74. The van der Waals surface area contributed by atoms with E-state index in [9.17, 15) is 9.90 Å². The van der Waals surface area contributed by atoms with Crippen molar-refractivity contribution in [3.63, 3.8) is 0 Å². The fraction of sp³-hybridized carbons (Fsp3) is 0.500. The lowest BCUT2D eigenvalue weighted by molar-refractivity contribution is -0.122. The summed E-state index contributed by atoms with van der Waals surface area (Å²) in [5.74, 6) is -0.0533. The van der Waals surface area contributed by atoms with E-state index in [1.54, 1.807) is 24.3 Å². The van der Waals surface area contributed by atoms with E-state index in [0.29, 0.717) is 17.6 Å². The van der Waals surface area contributed by atoms with Gasteiger partial charge >= 0.3 is 0 Å². The third kappa shape index (κ3) is 4.49. The summed E-state index contributed by atoms with van der Waals surface area (Å²) in [5, 5.41) is 13.3. The predicted octanol–water partition coefficient (Wildman–Crippen LogP) is 1.58. The average molecular weight is 283 g/mol. The zero-order chi connectivity index (χ0) is 13.8. The number of rotatable bonds is 6. The summed E-state index contributed by atoms with van der Waals surface area (Å²) in [7, 11) is 1.95. The first kappa shape index (κ1) is 14.3. The summed E-state index contributed by atoms with van der Waals surface area (Å²) in [5.41, 5.74) is 0.750. The number of carbonyl (C=O) groups is 1. The van der Waals surface area contributed by atoms with Gasteiger partial charge in [-0.3, -0.25) is 9.69 Å². The second-order valence-corrected chi connectivity index (χ2v) is 5.45. The van der Waals surface area contributed by atoms with E-state index in [2.05, 4.69) is 5.32 Å². The largest absolute Gasteiger partial charge is 0.387 e. The van der Waals surface area contributed by atoms with Crippen LogP contribution in [0.1, 0.15) is 24.5 Å². The van der Waals surface area contributed by atoms with E-state index < -0.39 is 6.10 Å². The number of halogens is 1. The van der Waals surface area contributed by atoms with Crippen molar-refractivity contribution >= 4 is 17.5 Å². The molecule has 0 bridgehead atoms. The first-order valence-electron chi connectivity index (χ1n) is 6.46. The van der Waals surface area contributed by atoms with Crippen LogP contribution in [0.15, 0.2) is 24.3 Å². The smallest absolute Gasteiger partial charge is 0.234 e. The molecule has 1 aliphatic carbocycles. The van der Waals surface area contributed by atoms with E-state index in [-0.39, 0.29) is 12.5 Å². The first-order valence-corrected chi connectivity index (χ1v) is 6.84. The van der Waals surface area contributed by atoms with Gasteiger partial charge in [-0.15, -0.1) is 0 Å². The van der Waals surface area contributed by atoms with Crippen LogP contribution < -0.4 is 5.32 Å². The molecule has 2 rings (SSSR count). The van der Waals surface area contributed by atoms with Crippen LogP contribution in [0, 0.1) is 0 Å². The van der Waals surface area contributed by atoms with Crippen molar-refractivity contribution in [1.82, 2.24) is 10.2 Å². The van der Waals surface area contributed by atoms with E-state index in [4.69, 9.17) is 11.6 Å². The van der Waals surface area contributed by atoms with E-state index in [0.717, 1.165) is 5.56 Å². The van der Waals surface area contributed by atoms with Gasteiger partial charge in [-0.05, 0) is 37.6 Å². The van der Waals surface area contributed by atoms with Crippen molar-refractivity contribution in [3.05, 3.63) is 34.9 Å². The maximum Gasteiger partial charge on any atom is 0.234 e. The number of amides is 1. The van der Waals surface area contributed by atoms with E-state index >= 15 is 0 Å². The molecule has 0 spiro atoms. The number of nitrogens with zero attached hydrogens (tertiary/aromatic N) is 1. The topological polar surface area (TPSA) is 52.6 Å². The predicted molar refractivity (Wildman–Crippen MR) is 75.1 cm³/mol. The Kier molecular flexibility index (Phi) is 4.80. The van der Waals surface area contributed by atoms with Crippen LogP contribution in [-0.2, 0) is 4.79 Å². The van der Waals surface area contributed by atoms with Crippen LogP contribution in [0.2, 0.25) is 5.02 Å². The second-order valence-electron chi connectivity index (χ2n) is 5.02. The third-order valence-corrected chi connectivity index (χ3v) is 3.56. The van der Waals surface area contributed by atoms with Gasteiger partial charge in [0.15, 0.2) is 0 Å². The fourth-order valence-electron chi connectivity index (χ4n) is 1.94. The normalized spacial score (nSPS) is 16.4. The van der Waals surface area contributed by atoms with Gasteiger partial charge in [0.2, 0.25) is 5.91 Å². The molecular formula is C14H19ClN2O2. The lowest BCUT2D eigenvalue weighted by Gasteiger charge is -2.17. The number of aliphatic hydroxyl groups is 1. The standard InChI is InChI=1S/C14H19ClN2O2/c1-17(12-6-7-12)9-14(19)16-8-13(18)10-2-4-11(15)5-3-10/h2-5,12-13,18H,6-9H2,1H3,(H,16,19). The summed E-state index contributed by atoms with van der Waals surface area (Å²) in [6.45, 7) is 0.608. The quantitative estimate of drug-likeness (QED) is 0.833. The minimum Gasteiger partial charge on any atom is -0.387 e. The number of benzene rings is 1. The highest BCUT2D eigenvalue weighted by Crippen LogP contribution is 2.24. The molecular weight excluding hydrogens is 264 g/mol. The van der Waals surface area contributed by atoms with Gasteiger partial charge in [0.05, 0.1) is 12.6 Å². The van der Waals surface area contributed by atoms with Crippen molar-refractivity contribution in [2.75, 3.05) is 20.1 Å². The summed E-state index contributed by atoms with van der Waals surface area (Å²) in [6.07, 6.45) is 1.65. The van der Waals surface area contributed by atoms with Crippen molar-refractivity contribution in [3.8, 4) is 0 Å². The molecule has 1 aromatic rings. The van der Waals surface area contributed by atoms with Crippen molar-refractivity contribution in [2.45, 2.75) is 25.0 Å². The molecule has 1 amide bonds. The number of nitrogens with one attached hydrogen (secondary N) is 1. The van der Waals surface area contributed by atoms with Gasteiger partial charge in [-0.1, -0.05) is 23.7 Å². The highest BCUT2D eigenvalue weighted by atomic mass is 35.5. The Bertz CT molecular complexity index is 432. The Hall–Kier alpha value is -1.10. The molecule has 0 aliphatic heterocycles. The Morgan fingerprint density at radius 3 is 2.68 bits per heavy atom. The number of hydrogen-bond acceptors (Lipinski definition) is 3. The van der Waals surface area contributed by atoms with Gasteiger partial charge in [0.25, 0.3) is 0 Å². The molecule has 1 saturated carbocycles. The van der Waals surface area contributed by atoms with Crippen LogP contribution in [-0.4, -0.2) is 42.1 Å². The zero-order valence-corrected chi connectivity index (χ0v) is 11.7. The summed E-state index contributed by atoms with van der Waals surface area (Å²) < 4.78 is 0. The summed E-state index contributed by atoms with van der Waals surface area (Å²) >= 11 is 5.78. The SMILES string of the molecule is CN(CC(=O)NCC(O)c1ccc(Cl)cc1)C1CC1. The number of carbonyl (C=O) groups excluding carboxylic acids is 1. The molecule has 104 valence electrons. The number of aliphatic hydroxyl groups excluding tert-OH is 1.